The molecule has 1 aliphatic rings. The van der Waals surface area contributed by atoms with Crippen LogP contribution in [0.15, 0.2) is 18.2 Å². The summed E-state index contributed by atoms with van der Waals surface area (Å²) in [4.78, 5) is 11.1. The molecule has 1 aromatic rings. The van der Waals surface area contributed by atoms with Gasteiger partial charge in [-0.3, -0.25) is 10.1 Å². The van der Waals surface area contributed by atoms with Crippen molar-refractivity contribution in [2.24, 2.45) is 5.92 Å². The maximum Gasteiger partial charge on any atom is 0.315 e. The van der Waals surface area contributed by atoms with Gasteiger partial charge in [0.2, 0.25) is 0 Å². The van der Waals surface area contributed by atoms with Crippen molar-refractivity contribution >= 4 is 17.1 Å². The van der Waals surface area contributed by atoms with Gasteiger partial charge in [0.15, 0.2) is 0 Å². The first-order valence-electron chi connectivity index (χ1n) is 7.56. The largest absolute Gasteiger partial charge is 0.396 e. The van der Waals surface area contributed by atoms with Crippen molar-refractivity contribution < 1.29 is 10.0 Å². The van der Waals surface area contributed by atoms with E-state index in [0.717, 1.165) is 25.7 Å². The molecule has 0 heterocycles. The van der Waals surface area contributed by atoms with Crippen molar-refractivity contribution in [2.45, 2.75) is 38.6 Å². The van der Waals surface area contributed by atoms with Crippen LogP contribution in [0.2, 0.25) is 0 Å². The quantitative estimate of drug-likeness (QED) is 0.531. The van der Waals surface area contributed by atoms with Crippen molar-refractivity contribution in [2.75, 3.05) is 23.8 Å². The summed E-state index contributed by atoms with van der Waals surface area (Å²) >= 11 is 0. The third kappa shape index (κ3) is 3.64. The second-order valence-corrected chi connectivity index (χ2v) is 5.51. The summed E-state index contributed by atoms with van der Waals surface area (Å²) < 4.78 is 0. The lowest BCUT2D eigenvalue weighted by Gasteiger charge is -2.21. The van der Waals surface area contributed by atoms with Crippen molar-refractivity contribution in [1.82, 2.24) is 0 Å². The summed E-state index contributed by atoms with van der Waals surface area (Å²) in [6.45, 7) is 2.84. The molecule has 3 N–H and O–H groups in total. The molecule has 116 valence electrons. The normalized spacial score (nSPS) is 21.2. The Labute approximate surface area is 124 Å². The lowest BCUT2D eigenvalue weighted by molar-refractivity contribution is -0.383. The number of anilines is 2. The van der Waals surface area contributed by atoms with Crippen LogP contribution in [0.25, 0.3) is 0 Å². The molecule has 2 rings (SSSR count). The van der Waals surface area contributed by atoms with Gasteiger partial charge in [0.25, 0.3) is 0 Å². The number of hydrogen-bond donors (Lipinski definition) is 3. The molecule has 1 saturated carbocycles. The van der Waals surface area contributed by atoms with E-state index in [2.05, 4.69) is 10.6 Å². The van der Waals surface area contributed by atoms with Crippen LogP contribution in [0.4, 0.5) is 17.1 Å². The van der Waals surface area contributed by atoms with Gasteiger partial charge in [-0.25, -0.2) is 0 Å². The Bertz CT molecular complexity index is 493. The number of aliphatic hydroxyl groups is 1. The van der Waals surface area contributed by atoms with Crippen LogP contribution in [0, 0.1) is 16.0 Å². The third-order valence-corrected chi connectivity index (χ3v) is 4.02. The van der Waals surface area contributed by atoms with Crippen molar-refractivity contribution in [3.63, 3.8) is 0 Å². The molecule has 21 heavy (non-hydrogen) atoms. The molecule has 0 spiro atoms. The monoisotopic (exact) mass is 293 g/mol. The number of para-hydroxylation sites is 1. The highest BCUT2D eigenvalue weighted by Gasteiger charge is 2.29. The fourth-order valence-electron chi connectivity index (χ4n) is 2.90. The molecule has 0 aromatic heterocycles. The number of nitrogens with one attached hydrogen (secondary N) is 2. The second kappa shape index (κ2) is 7.26. The van der Waals surface area contributed by atoms with Crippen LogP contribution in [0.3, 0.4) is 0 Å². The van der Waals surface area contributed by atoms with E-state index in [1.54, 1.807) is 12.1 Å². The van der Waals surface area contributed by atoms with Crippen molar-refractivity contribution in [3.8, 4) is 0 Å². The SMILES string of the molecule is CCCNc1cccc(NC2CCCC2CO)c1[N+](=O)[O-]. The molecule has 0 amide bonds. The number of aliphatic hydroxyl groups excluding tert-OH is 1. The van der Waals surface area contributed by atoms with Gasteiger partial charge in [0.1, 0.15) is 11.4 Å². The van der Waals surface area contributed by atoms with Crippen LogP contribution in [0.5, 0.6) is 0 Å². The van der Waals surface area contributed by atoms with E-state index in [-0.39, 0.29) is 29.2 Å². The van der Waals surface area contributed by atoms with Crippen LogP contribution in [-0.2, 0) is 0 Å². The Morgan fingerprint density at radius 2 is 2.14 bits per heavy atom. The lowest BCUT2D eigenvalue weighted by Crippen LogP contribution is -2.26. The van der Waals surface area contributed by atoms with Crippen LogP contribution in [-0.4, -0.2) is 29.2 Å². The van der Waals surface area contributed by atoms with Gasteiger partial charge in [-0.05, 0) is 31.4 Å². The number of hydrogen-bond acceptors (Lipinski definition) is 5. The average Bonchev–Trinajstić information content (AvgIpc) is 2.92. The molecule has 0 saturated heterocycles. The van der Waals surface area contributed by atoms with Gasteiger partial charge in [-0.15, -0.1) is 0 Å². The molecule has 1 aromatic carbocycles. The van der Waals surface area contributed by atoms with E-state index in [4.69, 9.17) is 0 Å². The Hall–Kier alpha value is -1.82. The summed E-state index contributed by atoms with van der Waals surface area (Å²) in [6.07, 6.45) is 3.86. The van der Waals surface area contributed by atoms with Gasteiger partial charge in [0.05, 0.1) is 4.92 Å². The van der Waals surface area contributed by atoms with Crippen LogP contribution < -0.4 is 10.6 Å². The number of nitrogens with zero attached hydrogens (tertiary/aromatic N) is 1. The maximum atomic E-state index is 11.4. The fraction of sp³-hybridized carbons (Fsp3) is 0.600. The number of rotatable bonds is 7. The van der Waals surface area contributed by atoms with Crippen molar-refractivity contribution in [1.29, 1.82) is 0 Å². The minimum atomic E-state index is -0.344. The first-order chi connectivity index (χ1) is 10.2. The lowest BCUT2D eigenvalue weighted by atomic mass is 10.0. The predicted octanol–water partition coefficient (Wildman–Crippen LogP) is 2.99. The highest BCUT2D eigenvalue weighted by molar-refractivity contribution is 5.76. The van der Waals surface area contributed by atoms with Crippen LogP contribution >= 0.6 is 0 Å². The zero-order valence-corrected chi connectivity index (χ0v) is 12.3. The zero-order valence-electron chi connectivity index (χ0n) is 12.3. The second-order valence-electron chi connectivity index (χ2n) is 5.51. The first kappa shape index (κ1) is 15.6. The van der Waals surface area contributed by atoms with Gasteiger partial charge >= 0.3 is 5.69 Å². The van der Waals surface area contributed by atoms with Crippen molar-refractivity contribution in [3.05, 3.63) is 28.3 Å². The summed E-state index contributed by atoms with van der Waals surface area (Å²) in [5, 5.41) is 27.2. The van der Waals surface area contributed by atoms with E-state index in [0.29, 0.717) is 17.9 Å². The zero-order chi connectivity index (χ0) is 15.2. The predicted molar refractivity (Wildman–Crippen MR) is 83.7 cm³/mol. The van der Waals surface area contributed by atoms with E-state index in [1.165, 1.54) is 0 Å². The van der Waals surface area contributed by atoms with E-state index in [9.17, 15) is 15.2 Å². The summed E-state index contributed by atoms with van der Waals surface area (Å²) in [7, 11) is 0. The minimum Gasteiger partial charge on any atom is -0.396 e. The molecule has 0 bridgehead atoms. The smallest absolute Gasteiger partial charge is 0.315 e. The Kier molecular flexibility index (Phi) is 5.38. The summed E-state index contributed by atoms with van der Waals surface area (Å²) in [5.74, 6) is 0.178. The molecular formula is C15H23N3O3. The first-order valence-corrected chi connectivity index (χ1v) is 7.56. The van der Waals surface area contributed by atoms with Gasteiger partial charge in [-0.2, -0.15) is 0 Å². The molecule has 0 radical (unpaired) electrons. The fourth-order valence-corrected chi connectivity index (χ4v) is 2.90. The van der Waals surface area contributed by atoms with E-state index < -0.39 is 0 Å². The van der Waals surface area contributed by atoms with Gasteiger partial charge in [0, 0.05) is 25.1 Å². The molecule has 0 aliphatic heterocycles. The molecular weight excluding hydrogens is 270 g/mol. The molecule has 2 unspecified atom stereocenters. The number of benzene rings is 1. The van der Waals surface area contributed by atoms with E-state index in [1.807, 2.05) is 13.0 Å². The highest BCUT2D eigenvalue weighted by atomic mass is 16.6. The summed E-state index contributed by atoms with van der Waals surface area (Å²) in [6, 6.07) is 5.39. The summed E-state index contributed by atoms with van der Waals surface area (Å²) in [5.41, 5.74) is 1.17. The van der Waals surface area contributed by atoms with E-state index >= 15 is 0 Å². The Balaban J connectivity index is 2.23. The Morgan fingerprint density at radius 1 is 1.38 bits per heavy atom. The molecule has 6 heteroatoms. The average molecular weight is 293 g/mol. The topological polar surface area (TPSA) is 87.4 Å². The van der Waals surface area contributed by atoms with Crippen LogP contribution in [0.1, 0.15) is 32.6 Å². The van der Waals surface area contributed by atoms with Gasteiger partial charge < -0.3 is 15.7 Å². The molecule has 1 aliphatic carbocycles. The standard InChI is InChI=1S/C15H23N3O3/c1-2-9-16-13-7-4-8-14(15(13)18(20)21)17-12-6-3-5-11(12)10-19/h4,7-8,11-12,16-17,19H,2-3,5-6,9-10H2,1H3. The third-order valence-electron chi connectivity index (χ3n) is 4.02. The maximum absolute atomic E-state index is 11.4. The number of nitro groups is 1. The molecule has 6 nitrogen and oxygen atoms in total. The highest BCUT2D eigenvalue weighted by Crippen LogP contribution is 2.36. The molecule has 2 atom stereocenters. The minimum absolute atomic E-state index is 0.0922. The molecule has 1 fully saturated rings. The Morgan fingerprint density at radius 3 is 2.81 bits per heavy atom. The number of nitro benzene ring substituents is 1. The van der Waals surface area contributed by atoms with Gasteiger partial charge in [-0.1, -0.05) is 19.4 Å².